The van der Waals surface area contributed by atoms with Crippen LogP contribution in [0.3, 0.4) is 0 Å². The summed E-state index contributed by atoms with van der Waals surface area (Å²) in [7, 11) is -4.65. The molecule has 5 nitrogen and oxygen atoms in total. The third-order valence-corrected chi connectivity index (χ3v) is 3.01. The van der Waals surface area contributed by atoms with Crippen molar-refractivity contribution in [1.82, 2.24) is 5.32 Å². The summed E-state index contributed by atoms with van der Waals surface area (Å²) < 4.78 is 43.5. The van der Waals surface area contributed by atoms with Crippen LogP contribution in [0, 0.1) is 0 Å². The molecular weight excluding hydrogens is 369 g/mol. The standard InChI is InChI=1S/C9H12O.C8H17NO3.BF4/c10-8-4-7-9-5-2-1-3-6-9;1-3-5-9-7(4-6-10)8(11)12-2;2-1(3,4)5/h1-3,5-6,10H,4,7-8H2;7,9-10H,3-6H2,1-2H3;/q;;-1. The lowest BCUT2D eigenvalue weighted by Gasteiger charge is -2.14. The van der Waals surface area contributed by atoms with Crippen LogP contribution < -0.4 is 5.32 Å². The number of hydrogen-bond donors (Lipinski definition) is 3. The first-order chi connectivity index (χ1) is 12.7. The van der Waals surface area contributed by atoms with Crippen molar-refractivity contribution in [3.05, 3.63) is 35.9 Å². The highest BCUT2D eigenvalue weighted by molar-refractivity contribution is 6.50. The zero-order valence-corrected chi connectivity index (χ0v) is 15.7. The van der Waals surface area contributed by atoms with Crippen LogP contribution in [0.25, 0.3) is 0 Å². The van der Waals surface area contributed by atoms with Gasteiger partial charge >= 0.3 is 13.2 Å². The zero-order valence-electron chi connectivity index (χ0n) is 15.7. The number of carbonyl (C=O) groups is 1. The Kier molecular flexibility index (Phi) is 18.1. The lowest BCUT2D eigenvalue weighted by Crippen LogP contribution is -2.38. The largest absolute Gasteiger partial charge is 0.673 e. The highest BCUT2D eigenvalue weighted by atomic mass is 19.5. The van der Waals surface area contributed by atoms with E-state index in [9.17, 15) is 22.1 Å². The first kappa shape index (κ1) is 27.6. The minimum absolute atomic E-state index is 0.00349. The normalized spacial score (nSPS) is 11.4. The molecule has 0 radical (unpaired) electrons. The monoisotopic (exact) mass is 398 g/mol. The molecule has 0 spiro atoms. The third kappa shape index (κ3) is 22.3. The Morgan fingerprint density at radius 3 is 2.11 bits per heavy atom. The van der Waals surface area contributed by atoms with E-state index in [1.54, 1.807) is 0 Å². The number of hydrogen-bond acceptors (Lipinski definition) is 5. The van der Waals surface area contributed by atoms with Crippen molar-refractivity contribution in [2.75, 3.05) is 26.9 Å². The van der Waals surface area contributed by atoms with Gasteiger partial charge in [0.05, 0.1) is 7.11 Å². The average Bonchev–Trinajstić information content (AvgIpc) is 2.63. The number of carbonyl (C=O) groups excluding carboxylic acids is 1. The van der Waals surface area contributed by atoms with E-state index in [2.05, 4.69) is 22.2 Å². The molecule has 1 aromatic carbocycles. The number of benzene rings is 1. The number of aryl methyl sites for hydroxylation is 1. The molecule has 1 aromatic rings. The van der Waals surface area contributed by atoms with Gasteiger partial charge in [0.15, 0.2) is 0 Å². The molecule has 27 heavy (non-hydrogen) atoms. The van der Waals surface area contributed by atoms with Gasteiger partial charge in [0.2, 0.25) is 0 Å². The Hall–Kier alpha value is -1.65. The number of halogens is 4. The molecule has 0 fully saturated rings. The molecule has 0 amide bonds. The number of esters is 1. The minimum Gasteiger partial charge on any atom is -0.468 e. The molecule has 0 aliphatic rings. The number of aliphatic hydroxyl groups excluding tert-OH is 2. The Morgan fingerprint density at radius 2 is 1.70 bits per heavy atom. The van der Waals surface area contributed by atoms with E-state index in [0.717, 1.165) is 25.8 Å². The molecule has 1 rings (SSSR count). The number of ether oxygens (including phenoxy) is 1. The number of rotatable bonds is 9. The fraction of sp³-hybridized carbons (Fsp3) is 0.588. The summed E-state index contributed by atoms with van der Waals surface area (Å²) in [6, 6.07) is 9.84. The van der Waals surface area contributed by atoms with Gasteiger partial charge in [-0.25, -0.2) is 0 Å². The third-order valence-electron chi connectivity index (χ3n) is 3.01. The molecule has 1 atom stereocenters. The SMILES string of the molecule is CCCNC(CCO)C(=O)OC.F[B-](F)(F)F.OCCCc1ccccc1. The van der Waals surface area contributed by atoms with Gasteiger partial charge in [-0.3, -0.25) is 4.79 Å². The smallest absolute Gasteiger partial charge is 0.468 e. The molecule has 0 aliphatic carbocycles. The first-order valence-electron chi connectivity index (χ1n) is 8.63. The zero-order chi connectivity index (χ0) is 21.1. The quantitative estimate of drug-likeness (QED) is 0.339. The molecule has 3 N–H and O–H groups in total. The van der Waals surface area contributed by atoms with Gasteiger partial charge in [-0.2, -0.15) is 0 Å². The second-order valence-corrected chi connectivity index (χ2v) is 5.35. The van der Waals surface area contributed by atoms with Crippen molar-refractivity contribution in [1.29, 1.82) is 0 Å². The van der Waals surface area contributed by atoms with Gasteiger partial charge in [-0.1, -0.05) is 37.3 Å². The second-order valence-electron chi connectivity index (χ2n) is 5.35. The van der Waals surface area contributed by atoms with Gasteiger partial charge in [-0.15, -0.1) is 0 Å². The number of aliphatic hydroxyl groups is 2. The second kappa shape index (κ2) is 17.8. The molecule has 0 aromatic heterocycles. The van der Waals surface area contributed by atoms with E-state index >= 15 is 0 Å². The van der Waals surface area contributed by atoms with Crippen molar-refractivity contribution < 1.29 is 37.0 Å². The van der Waals surface area contributed by atoms with E-state index in [4.69, 9.17) is 10.2 Å². The molecular formula is C17H29BF4NO4-. The Balaban J connectivity index is 0. The van der Waals surface area contributed by atoms with Crippen LogP contribution in [-0.4, -0.2) is 56.3 Å². The van der Waals surface area contributed by atoms with Gasteiger partial charge in [0.25, 0.3) is 0 Å². The van der Waals surface area contributed by atoms with Gasteiger partial charge in [-0.05, 0) is 37.8 Å². The average molecular weight is 398 g/mol. The fourth-order valence-electron chi connectivity index (χ4n) is 1.82. The van der Waals surface area contributed by atoms with Crippen LogP contribution in [0.4, 0.5) is 17.3 Å². The van der Waals surface area contributed by atoms with E-state index in [1.807, 2.05) is 25.1 Å². The van der Waals surface area contributed by atoms with E-state index in [1.165, 1.54) is 12.7 Å². The van der Waals surface area contributed by atoms with Crippen molar-refractivity contribution in [3.63, 3.8) is 0 Å². The number of methoxy groups -OCH3 is 1. The summed E-state index contributed by atoms with van der Waals surface area (Å²) in [4.78, 5) is 11.0. The summed E-state index contributed by atoms with van der Waals surface area (Å²) in [5, 5.41) is 20.1. The molecule has 0 heterocycles. The van der Waals surface area contributed by atoms with Crippen molar-refractivity contribution in [3.8, 4) is 0 Å². The molecule has 0 saturated carbocycles. The molecule has 1 unspecified atom stereocenters. The lowest BCUT2D eigenvalue weighted by atomic mass is 10.1. The predicted octanol–water partition coefficient (Wildman–Crippen LogP) is 2.82. The van der Waals surface area contributed by atoms with Crippen LogP contribution in [0.2, 0.25) is 0 Å². The number of nitrogens with one attached hydrogen (secondary N) is 1. The Morgan fingerprint density at radius 1 is 1.15 bits per heavy atom. The minimum atomic E-state index is -6.00. The van der Waals surface area contributed by atoms with E-state index in [-0.39, 0.29) is 25.2 Å². The van der Waals surface area contributed by atoms with Gasteiger partial charge < -0.3 is 37.5 Å². The summed E-state index contributed by atoms with van der Waals surface area (Å²) >= 11 is 0. The topological polar surface area (TPSA) is 78.8 Å². The van der Waals surface area contributed by atoms with Crippen molar-refractivity contribution in [2.24, 2.45) is 0 Å². The maximum absolute atomic E-state index is 11.0. The van der Waals surface area contributed by atoms with Gasteiger partial charge in [0, 0.05) is 13.2 Å². The van der Waals surface area contributed by atoms with Crippen LogP contribution >= 0.6 is 0 Å². The highest BCUT2D eigenvalue weighted by Crippen LogP contribution is 2.06. The summed E-state index contributed by atoms with van der Waals surface area (Å²) in [6.45, 7) is 3.06. The summed E-state index contributed by atoms with van der Waals surface area (Å²) in [6.07, 6.45) is 3.22. The van der Waals surface area contributed by atoms with Crippen LogP contribution in [0.15, 0.2) is 30.3 Å². The Bertz CT molecular complexity index is 458. The van der Waals surface area contributed by atoms with Crippen molar-refractivity contribution in [2.45, 2.75) is 38.6 Å². The van der Waals surface area contributed by atoms with Crippen LogP contribution in [0.1, 0.15) is 31.7 Å². The highest BCUT2D eigenvalue weighted by Gasteiger charge is 2.20. The van der Waals surface area contributed by atoms with E-state index < -0.39 is 7.25 Å². The predicted molar refractivity (Wildman–Crippen MR) is 97.8 cm³/mol. The molecule has 0 saturated heterocycles. The first-order valence-corrected chi connectivity index (χ1v) is 8.63. The molecule has 10 heteroatoms. The van der Waals surface area contributed by atoms with Crippen molar-refractivity contribution >= 4 is 13.2 Å². The summed E-state index contributed by atoms with van der Waals surface area (Å²) in [5.41, 5.74) is 1.30. The van der Waals surface area contributed by atoms with Crippen LogP contribution in [-0.2, 0) is 16.0 Å². The fourth-order valence-corrected chi connectivity index (χ4v) is 1.82. The van der Waals surface area contributed by atoms with Gasteiger partial charge in [0.1, 0.15) is 6.04 Å². The van der Waals surface area contributed by atoms with E-state index in [0.29, 0.717) is 6.42 Å². The summed E-state index contributed by atoms with van der Waals surface area (Å²) in [5.74, 6) is -0.308. The molecule has 0 aliphatic heterocycles. The lowest BCUT2D eigenvalue weighted by molar-refractivity contribution is -0.143. The maximum Gasteiger partial charge on any atom is 0.673 e. The Labute approximate surface area is 157 Å². The maximum atomic E-state index is 11.0. The van der Waals surface area contributed by atoms with Crippen LogP contribution in [0.5, 0.6) is 0 Å². The molecule has 158 valence electrons. The molecule has 0 bridgehead atoms.